The van der Waals surface area contributed by atoms with Crippen LogP contribution in [-0.4, -0.2) is 24.3 Å². The Morgan fingerprint density at radius 2 is 1.96 bits per heavy atom. The number of carbonyl (C=O) groups is 3. The van der Waals surface area contributed by atoms with E-state index in [2.05, 4.69) is 5.32 Å². The molecule has 7 nitrogen and oxygen atoms in total. The molecule has 0 bridgehead atoms. The summed E-state index contributed by atoms with van der Waals surface area (Å²) in [5.41, 5.74) is 12.1. The Labute approximate surface area is 158 Å². The fourth-order valence-corrected chi connectivity index (χ4v) is 4.36. The average Bonchev–Trinajstić information content (AvgIpc) is 3.13. The van der Waals surface area contributed by atoms with Crippen molar-refractivity contribution in [3.05, 3.63) is 44.8 Å². The fraction of sp³-hybridized carbons (Fsp3) is 0.235. The Morgan fingerprint density at radius 3 is 2.65 bits per heavy atom. The lowest BCUT2D eigenvalue weighted by molar-refractivity contribution is -0.118. The third-order valence-corrected chi connectivity index (χ3v) is 5.43. The Morgan fingerprint density at radius 1 is 1.19 bits per heavy atom. The van der Waals surface area contributed by atoms with E-state index in [1.807, 2.05) is 0 Å². The molecule has 136 valence electrons. The van der Waals surface area contributed by atoms with Crippen LogP contribution >= 0.6 is 22.9 Å². The summed E-state index contributed by atoms with van der Waals surface area (Å²) in [4.78, 5) is 36.5. The highest BCUT2D eigenvalue weighted by Crippen LogP contribution is 2.38. The predicted octanol–water partition coefficient (Wildman–Crippen LogP) is 2.11. The van der Waals surface area contributed by atoms with E-state index in [-0.39, 0.29) is 17.9 Å². The summed E-state index contributed by atoms with van der Waals surface area (Å²) in [6.07, 6.45) is 2.63. The van der Waals surface area contributed by atoms with Crippen molar-refractivity contribution < 1.29 is 19.1 Å². The molecule has 0 atom stereocenters. The van der Waals surface area contributed by atoms with E-state index in [4.69, 9.17) is 27.8 Å². The number of amides is 3. The normalized spacial score (nSPS) is 12.5. The zero-order chi connectivity index (χ0) is 18.8. The van der Waals surface area contributed by atoms with Crippen LogP contribution in [0.4, 0.5) is 5.00 Å². The third kappa shape index (κ3) is 3.66. The summed E-state index contributed by atoms with van der Waals surface area (Å²) in [5, 5.41) is 3.42. The molecule has 1 aromatic heterocycles. The van der Waals surface area contributed by atoms with Crippen LogP contribution in [0.3, 0.4) is 0 Å². The maximum absolute atomic E-state index is 12.2. The predicted molar refractivity (Wildman–Crippen MR) is 99.0 cm³/mol. The molecular formula is C17H16ClN3O4S. The minimum atomic E-state index is -0.714. The van der Waals surface area contributed by atoms with Gasteiger partial charge in [-0.05, 0) is 43.0 Å². The number of benzene rings is 1. The molecule has 0 aliphatic heterocycles. The first-order chi connectivity index (χ1) is 12.4. The number of primary amides is 2. The largest absolute Gasteiger partial charge is 0.483 e. The van der Waals surface area contributed by atoms with Gasteiger partial charge in [-0.25, -0.2) is 0 Å². The molecule has 1 aliphatic carbocycles. The molecule has 0 saturated carbocycles. The number of ether oxygens (including phenoxy) is 1. The van der Waals surface area contributed by atoms with Gasteiger partial charge in [-0.1, -0.05) is 11.6 Å². The summed E-state index contributed by atoms with van der Waals surface area (Å²) in [7, 11) is 0. The summed E-state index contributed by atoms with van der Waals surface area (Å²) in [6, 6.07) is 4.35. The lowest BCUT2D eigenvalue weighted by Gasteiger charge is -2.10. The summed E-state index contributed by atoms with van der Waals surface area (Å²) in [5.74, 6) is -1.60. The number of carbonyl (C=O) groups excluding carboxylic acids is 3. The van der Waals surface area contributed by atoms with Gasteiger partial charge in [0.25, 0.3) is 17.7 Å². The topological polar surface area (TPSA) is 125 Å². The van der Waals surface area contributed by atoms with Gasteiger partial charge in [-0.15, -0.1) is 11.3 Å². The summed E-state index contributed by atoms with van der Waals surface area (Å²) < 4.78 is 5.38. The van der Waals surface area contributed by atoms with Gasteiger partial charge in [0.15, 0.2) is 6.61 Å². The second kappa shape index (κ2) is 7.35. The van der Waals surface area contributed by atoms with Crippen molar-refractivity contribution in [1.82, 2.24) is 0 Å². The quantitative estimate of drug-likeness (QED) is 0.694. The number of nitrogens with two attached hydrogens (primary N) is 2. The molecular weight excluding hydrogens is 378 g/mol. The molecule has 26 heavy (non-hydrogen) atoms. The van der Waals surface area contributed by atoms with Gasteiger partial charge in [0.05, 0.1) is 11.1 Å². The Bertz CT molecular complexity index is 910. The molecule has 0 saturated heterocycles. The number of hydrogen-bond acceptors (Lipinski definition) is 5. The van der Waals surface area contributed by atoms with Crippen LogP contribution in [0.5, 0.6) is 5.75 Å². The van der Waals surface area contributed by atoms with E-state index in [0.29, 0.717) is 15.6 Å². The maximum atomic E-state index is 12.2. The zero-order valence-electron chi connectivity index (χ0n) is 13.6. The first-order valence-corrected chi connectivity index (χ1v) is 9.02. The fourth-order valence-electron chi connectivity index (χ4n) is 2.88. The molecule has 0 unspecified atom stereocenters. The first-order valence-electron chi connectivity index (χ1n) is 7.83. The van der Waals surface area contributed by atoms with Crippen molar-refractivity contribution in [3.8, 4) is 5.75 Å². The first kappa shape index (κ1) is 18.2. The summed E-state index contributed by atoms with van der Waals surface area (Å²) >= 11 is 7.19. The molecule has 0 radical (unpaired) electrons. The number of hydrogen-bond donors (Lipinski definition) is 3. The van der Waals surface area contributed by atoms with Crippen molar-refractivity contribution in [3.63, 3.8) is 0 Å². The number of rotatable bonds is 6. The molecule has 0 spiro atoms. The molecule has 3 rings (SSSR count). The van der Waals surface area contributed by atoms with Crippen LogP contribution in [0.25, 0.3) is 0 Å². The van der Waals surface area contributed by atoms with Crippen LogP contribution < -0.4 is 21.5 Å². The number of halogens is 1. The Kier molecular flexibility index (Phi) is 5.15. The monoisotopic (exact) mass is 393 g/mol. The van der Waals surface area contributed by atoms with E-state index in [0.717, 1.165) is 29.7 Å². The van der Waals surface area contributed by atoms with Gasteiger partial charge in [0, 0.05) is 9.90 Å². The molecule has 1 heterocycles. The molecule has 2 aromatic rings. The minimum absolute atomic E-state index is 0.0817. The van der Waals surface area contributed by atoms with E-state index in [9.17, 15) is 14.4 Å². The number of aryl methyl sites for hydroxylation is 1. The van der Waals surface area contributed by atoms with Gasteiger partial charge in [0.2, 0.25) is 0 Å². The van der Waals surface area contributed by atoms with Crippen LogP contribution in [0, 0.1) is 0 Å². The van der Waals surface area contributed by atoms with Crippen LogP contribution in [0.1, 0.15) is 37.6 Å². The molecule has 5 N–H and O–H groups in total. The van der Waals surface area contributed by atoms with E-state index in [1.54, 1.807) is 0 Å². The SMILES string of the molecule is NC(=O)c1cc(Cl)ccc1OCC(=O)Nc1sc2c(c1C(N)=O)CCC2. The van der Waals surface area contributed by atoms with Gasteiger partial charge in [0.1, 0.15) is 10.8 Å². The molecule has 3 amide bonds. The zero-order valence-corrected chi connectivity index (χ0v) is 15.2. The van der Waals surface area contributed by atoms with E-state index in [1.165, 1.54) is 29.5 Å². The Balaban J connectivity index is 1.71. The van der Waals surface area contributed by atoms with E-state index < -0.39 is 17.7 Å². The molecule has 1 aliphatic rings. The lowest BCUT2D eigenvalue weighted by atomic mass is 10.1. The van der Waals surface area contributed by atoms with Crippen molar-refractivity contribution in [2.24, 2.45) is 11.5 Å². The number of fused-ring (bicyclic) bond motifs is 1. The van der Waals surface area contributed by atoms with Crippen LogP contribution in [-0.2, 0) is 17.6 Å². The second-order valence-corrected chi connectivity index (χ2v) is 7.31. The number of nitrogens with one attached hydrogen (secondary N) is 1. The highest BCUT2D eigenvalue weighted by Gasteiger charge is 2.26. The molecule has 1 aromatic carbocycles. The van der Waals surface area contributed by atoms with Crippen molar-refractivity contribution in [2.75, 3.05) is 11.9 Å². The highest BCUT2D eigenvalue weighted by molar-refractivity contribution is 7.17. The standard InChI is InChI=1S/C17H16ClN3O4S/c18-8-4-5-11(10(6-8)15(19)23)25-7-13(22)21-17-14(16(20)24)9-2-1-3-12(9)26-17/h4-6H,1-3,7H2,(H2,19,23)(H2,20,24)(H,21,22). The van der Waals surface area contributed by atoms with Crippen LogP contribution in [0.15, 0.2) is 18.2 Å². The smallest absolute Gasteiger partial charge is 0.262 e. The van der Waals surface area contributed by atoms with Gasteiger partial charge in [-0.2, -0.15) is 0 Å². The van der Waals surface area contributed by atoms with Crippen LogP contribution in [0.2, 0.25) is 5.02 Å². The Hall–Kier alpha value is -2.58. The van der Waals surface area contributed by atoms with Crippen molar-refractivity contribution in [2.45, 2.75) is 19.3 Å². The lowest BCUT2D eigenvalue weighted by Crippen LogP contribution is -2.23. The number of anilines is 1. The van der Waals surface area contributed by atoms with Crippen molar-refractivity contribution >= 4 is 45.7 Å². The van der Waals surface area contributed by atoms with Gasteiger partial charge >= 0.3 is 0 Å². The highest BCUT2D eigenvalue weighted by atomic mass is 35.5. The van der Waals surface area contributed by atoms with Gasteiger partial charge < -0.3 is 21.5 Å². The summed E-state index contributed by atoms with van der Waals surface area (Å²) in [6.45, 7) is -0.358. The van der Waals surface area contributed by atoms with Crippen molar-refractivity contribution in [1.29, 1.82) is 0 Å². The van der Waals surface area contributed by atoms with E-state index >= 15 is 0 Å². The second-order valence-electron chi connectivity index (χ2n) is 5.77. The number of thiophene rings is 1. The van der Waals surface area contributed by atoms with Gasteiger partial charge in [-0.3, -0.25) is 14.4 Å². The maximum Gasteiger partial charge on any atom is 0.262 e. The third-order valence-electron chi connectivity index (χ3n) is 3.99. The molecule has 9 heteroatoms. The minimum Gasteiger partial charge on any atom is -0.483 e. The molecule has 0 fully saturated rings. The average molecular weight is 394 g/mol.